The fraction of sp³-hybridized carbons (Fsp3) is 0.382. The highest BCUT2D eigenvalue weighted by molar-refractivity contribution is 6.03. The lowest BCUT2D eigenvalue weighted by Gasteiger charge is -2.48. The number of carbonyl (C=O) groups is 3. The van der Waals surface area contributed by atoms with Crippen LogP contribution < -0.4 is 10.2 Å². The summed E-state index contributed by atoms with van der Waals surface area (Å²) in [4.78, 5) is 38.2. The summed E-state index contributed by atoms with van der Waals surface area (Å²) < 4.78 is 38.2. The molecular formula is C34H36F2N2O8. The lowest BCUT2D eigenvalue weighted by molar-refractivity contribution is -0.212. The Morgan fingerprint density at radius 3 is 2.20 bits per heavy atom. The van der Waals surface area contributed by atoms with Gasteiger partial charge in [0.2, 0.25) is 11.8 Å². The molecule has 4 unspecified atom stereocenters. The van der Waals surface area contributed by atoms with Crippen molar-refractivity contribution < 1.29 is 48.0 Å². The van der Waals surface area contributed by atoms with Gasteiger partial charge in [-0.1, -0.05) is 36.4 Å². The van der Waals surface area contributed by atoms with E-state index in [9.17, 15) is 28.3 Å². The average molecular weight is 639 g/mol. The summed E-state index contributed by atoms with van der Waals surface area (Å²) in [6.07, 6.45) is 0.960. The van der Waals surface area contributed by atoms with E-state index >= 15 is 0 Å². The Kier molecular flexibility index (Phi) is 10.4. The van der Waals surface area contributed by atoms with E-state index in [1.165, 1.54) is 36.4 Å². The Labute approximate surface area is 264 Å². The van der Waals surface area contributed by atoms with Crippen LogP contribution in [0.3, 0.4) is 0 Å². The topological polar surface area (TPSA) is 146 Å². The largest absolute Gasteiger partial charge is 0.480 e. The molecule has 2 aliphatic rings. The summed E-state index contributed by atoms with van der Waals surface area (Å²) in [6.45, 7) is -0.551. The molecule has 10 nitrogen and oxygen atoms in total. The van der Waals surface area contributed by atoms with Crippen molar-refractivity contribution in [2.45, 2.75) is 49.5 Å². The maximum atomic E-state index is 13.7. The van der Waals surface area contributed by atoms with Crippen LogP contribution >= 0.6 is 0 Å². The third-order valence-corrected chi connectivity index (χ3v) is 8.57. The molecule has 0 aromatic heterocycles. The first-order chi connectivity index (χ1) is 22.1. The van der Waals surface area contributed by atoms with Gasteiger partial charge in [-0.2, -0.15) is 0 Å². The fourth-order valence-electron chi connectivity index (χ4n) is 5.81. The van der Waals surface area contributed by atoms with Crippen molar-refractivity contribution in [2.75, 3.05) is 31.3 Å². The average Bonchev–Trinajstić information content (AvgIpc) is 3.03. The van der Waals surface area contributed by atoms with Crippen LogP contribution in [0.25, 0.3) is 0 Å². The molecule has 0 bridgehead atoms. The number of rotatable bonds is 15. The maximum absolute atomic E-state index is 13.7. The predicted molar refractivity (Wildman–Crippen MR) is 162 cm³/mol. The number of benzene rings is 3. The van der Waals surface area contributed by atoms with Crippen LogP contribution in [0.15, 0.2) is 72.8 Å². The Balaban J connectivity index is 1.23. The van der Waals surface area contributed by atoms with Crippen LogP contribution in [0.5, 0.6) is 0 Å². The van der Waals surface area contributed by atoms with E-state index in [1.54, 1.807) is 17.0 Å². The Bertz CT molecular complexity index is 1510. The van der Waals surface area contributed by atoms with Crippen LogP contribution in [-0.2, 0) is 30.3 Å². The highest BCUT2D eigenvalue weighted by Crippen LogP contribution is 2.46. The number of β-lactam (4-membered cyclic amide) rings is 1. The highest BCUT2D eigenvalue weighted by Gasteiger charge is 2.48. The molecule has 0 spiro atoms. The number of nitrogens with zero attached hydrogens (tertiary/aromatic N) is 1. The molecule has 2 amide bonds. The molecular weight excluding hydrogens is 602 g/mol. The van der Waals surface area contributed by atoms with Crippen LogP contribution in [-0.4, -0.2) is 71.2 Å². The van der Waals surface area contributed by atoms with Crippen LogP contribution in [0.2, 0.25) is 0 Å². The van der Waals surface area contributed by atoms with E-state index in [0.717, 1.165) is 11.1 Å². The van der Waals surface area contributed by atoms with Crippen molar-refractivity contribution in [3.63, 3.8) is 0 Å². The van der Waals surface area contributed by atoms with E-state index in [4.69, 9.17) is 19.7 Å². The Hall–Kier alpha value is -4.23. The van der Waals surface area contributed by atoms with Crippen molar-refractivity contribution in [1.82, 2.24) is 5.32 Å². The zero-order valence-corrected chi connectivity index (χ0v) is 25.0. The normalized spacial score (nSPS) is 19.9. The summed E-state index contributed by atoms with van der Waals surface area (Å²) >= 11 is 0. The summed E-state index contributed by atoms with van der Waals surface area (Å²) in [5, 5.41) is 31.0. The first-order valence-corrected chi connectivity index (χ1v) is 15.0. The Morgan fingerprint density at radius 1 is 1.00 bits per heavy atom. The van der Waals surface area contributed by atoms with Crippen molar-refractivity contribution in [3.8, 4) is 0 Å². The second kappa shape index (κ2) is 14.5. The summed E-state index contributed by atoms with van der Waals surface area (Å²) in [7, 11) is 0. The molecule has 3 aromatic rings. The number of carboxylic acid groups (broad SMARTS) is 1. The van der Waals surface area contributed by atoms with Gasteiger partial charge in [0.1, 0.15) is 29.9 Å². The standard InChI is InChI=1S/C34H36F2N2O8/c35-24-7-5-22(6-8-24)29(40)14-13-27-31(38(32(27)42)26-11-9-25(36)10-12-26)23-3-1-21(2-4-23)15-16-34(19-45-20-34)46-18-30(41)37-28(17-39)33(43)44/h1-12,27-29,31,39-40H,13-20H2,(H,37,41)(H,43,44). The molecule has 4 atom stereocenters. The smallest absolute Gasteiger partial charge is 0.328 e. The number of aryl methyl sites for hydroxylation is 1. The zero-order chi connectivity index (χ0) is 32.8. The number of hydrogen-bond acceptors (Lipinski definition) is 7. The molecule has 2 fully saturated rings. The van der Waals surface area contributed by atoms with Crippen molar-refractivity contribution in [2.24, 2.45) is 5.92 Å². The number of ether oxygens (including phenoxy) is 2. The lowest BCUT2D eigenvalue weighted by Crippen LogP contribution is -2.55. The van der Waals surface area contributed by atoms with E-state index in [-0.39, 0.29) is 31.8 Å². The third-order valence-electron chi connectivity index (χ3n) is 8.57. The number of anilines is 1. The van der Waals surface area contributed by atoms with Gasteiger partial charge in [0.25, 0.3) is 0 Å². The predicted octanol–water partition coefficient (Wildman–Crippen LogP) is 3.46. The van der Waals surface area contributed by atoms with Gasteiger partial charge in [0.05, 0.1) is 37.9 Å². The van der Waals surface area contributed by atoms with Gasteiger partial charge < -0.3 is 35.0 Å². The van der Waals surface area contributed by atoms with Gasteiger partial charge in [-0.15, -0.1) is 0 Å². The number of aliphatic hydroxyl groups excluding tert-OH is 2. The monoisotopic (exact) mass is 638 g/mol. The number of aliphatic hydroxyl groups is 2. The minimum atomic E-state index is -1.41. The number of carboxylic acids is 1. The Morgan fingerprint density at radius 2 is 1.63 bits per heavy atom. The first kappa shape index (κ1) is 33.1. The fourth-order valence-corrected chi connectivity index (χ4v) is 5.81. The number of aliphatic carboxylic acids is 1. The van der Waals surface area contributed by atoms with Crippen LogP contribution in [0.4, 0.5) is 14.5 Å². The lowest BCUT2D eigenvalue weighted by atomic mass is 9.78. The number of hydrogen-bond donors (Lipinski definition) is 4. The van der Waals surface area contributed by atoms with Gasteiger partial charge in [-0.05, 0) is 78.8 Å². The molecule has 4 N–H and O–H groups in total. The number of carbonyl (C=O) groups excluding carboxylic acids is 2. The molecule has 2 saturated heterocycles. The number of halogens is 2. The summed E-state index contributed by atoms with van der Waals surface area (Å²) in [5.41, 5.74) is 2.29. The molecule has 2 aliphatic heterocycles. The molecule has 0 saturated carbocycles. The first-order valence-electron chi connectivity index (χ1n) is 15.0. The van der Waals surface area contributed by atoms with E-state index in [0.29, 0.717) is 36.9 Å². The van der Waals surface area contributed by atoms with Crippen LogP contribution in [0, 0.1) is 17.6 Å². The van der Waals surface area contributed by atoms with Gasteiger partial charge in [-0.3, -0.25) is 9.59 Å². The number of nitrogens with one attached hydrogen (secondary N) is 1. The van der Waals surface area contributed by atoms with Gasteiger partial charge in [0.15, 0.2) is 0 Å². The molecule has 5 rings (SSSR count). The molecule has 12 heteroatoms. The van der Waals surface area contributed by atoms with Crippen molar-refractivity contribution in [1.29, 1.82) is 0 Å². The molecule has 244 valence electrons. The minimum absolute atomic E-state index is 0.131. The molecule has 46 heavy (non-hydrogen) atoms. The molecule has 3 aromatic carbocycles. The van der Waals surface area contributed by atoms with Gasteiger partial charge in [0, 0.05) is 5.69 Å². The molecule has 2 heterocycles. The quantitative estimate of drug-likeness (QED) is 0.185. The van der Waals surface area contributed by atoms with Crippen LogP contribution in [0.1, 0.15) is 48.1 Å². The van der Waals surface area contributed by atoms with Crippen molar-refractivity contribution in [3.05, 3.63) is 101 Å². The summed E-state index contributed by atoms with van der Waals surface area (Å²) in [5.74, 6) is -3.36. The molecule has 0 aliphatic carbocycles. The highest BCUT2D eigenvalue weighted by atomic mass is 19.1. The van der Waals surface area contributed by atoms with E-state index < -0.39 is 53.8 Å². The van der Waals surface area contributed by atoms with E-state index in [2.05, 4.69) is 5.32 Å². The summed E-state index contributed by atoms with van der Waals surface area (Å²) in [6, 6.07) is 17.4. The second-order valence-corrected chi connectivity index (χ2v) is 11.7. The SMILES string of the molecule is O=C(COC1(CCc2ccc(C3C(CCC(O)c4ccc(F)cc4)C(=O)N3c3ccc(F)cc3)cc2)COC1)NC(CO)C(=O)O. The second-order valence-electron chi connectivity index (χ2n) is 11.7. The third kappa shape index (κ3) is 7.59. The maximum Gasteiger partial charge on any atom is 0.328 e. The number of amides is 2. The minimum Gasteiger partial charge on any atom is -0.480 e. The zero-order valence-electron chi connectivity index (χ0n) is 25.0. The van der Waals surface area contributed by atoms with Gasteiger partial charge in [-0.25, -0.2) is 13.6 Å². The molecule has 0 radical (unpaired) electrons. The van der Waals surface area contributed by atoms with Crippen molar-refractivity contribution >= 4 is 23.5 Å². The van der Waals surface area contributed by atoms with Gasteiger partial charge >= 0.3 is 5.97 Å². The van der Waals surface area contributed by atoms with E-state index in [1.807, 2.05) is 24.3 Å².